The first-order valence-corrected chi connectivity index (χ1v) is 11.6. The van der Waals surface area contributed by atoms with Crippen LogP contribution in [0.5, 0.6) is 0 Å². The molecular weight excluding hydrogens is 374 g/mol. The van der Waals surface area contributed by atoms with Crippen LogP contribution in [-0.4, -0.2) is 0 Å². The van der Waals surface area contributed by atoms with Crippen LogP contribution in [0.2, 0.25) is 0 Å². The van der Waals surface area contributed by atoms with E-state index in [1.165, 1.54) is 69.4 Å². The highest BCUT2D eigenvalue weighted by molar-refractivity contribution is 5.87. The second kappa shape index (κ2) is 9.73. The lowest BCUT2D eigenvalue weighted by Gasteiger charge is -2.29. The first kappa shape index (κ1) is 21.0. The number of unbranched alkanes of at least 4 members (excludes halogenated alkanes) is 3. The minimum Gasteiger partial charge on any atom is -0.204 e. The van der Waals surface area contributed by atoms with Crippen molar-refractivity contribution < 1.29 is 8.78 Å². The maximum absolute atomic E-state index is 13.9. The van der Waals surface area contributed by atoms with E-state index in [1.54, 1.807) is 12.1 Å². The highest BCUT2D eigenvalue weighted by Crippen LogP contribution is 2.38. The van der Waals surface area contributed by atoms with Gasteiger partial charge in [-0.15, -0.1) is 0 Å². The van der Waals surface area contributed by atoms with E-state index < -0.39 is 11.6 Å². The maximum Gasteiger partial charge on any atom is 0.166 e. The molecule has 0 unspecified atom stereocenters. The molecule has 0 heterocycles. The van der Waals surface area contributed by atoms with Crippen molar-refractivity contribution in [3.05, 3.63) is 71.8 Å². The van der Waals surface area contributed by atoms with Gasteiger partial charge in [0.1, 0.15) is 0 Å². The quantitative estimate of drug-likeness (QED) is 0.343. The van der Waals surface area contributed by atoms with Gasteiger partial charge in [0.2, 0.25) is 0 Å². The Morgan fingerprint density at radius 3 is 2.23 bits per heavy atom. The van der Waals surface area contributed by atoms with Gasteiger partial charge in [-0.2, -0.15) is 0 Å². The molecule has 3 aromatic rings. The van der Waals surface area contributed by atoms with E-state index in [-0.39, 0.29) is 0 Å². The lowest BCUT2D eigenvalue weighted by atomic mass is 9.77. The molecule has 4 rings (SSSR count). The maximum atomic E-state index is 13.9. The lowest BCUT2D eigenvalue weighted by Crippen LogP contribution is -2.13. The highest BCUT2D eigenvalue weighted by atomic mass is 19.2. The summed E-state index contributed by atoms with van der Waals surface area (Å²) in [6.45, 7) is 2.28. The number of fused-ring (bicyclic) bond motifs is 1. The largest absolute Gasteiger partial charge is 0.204 e. The molecule has 0 aliphatic heterocycles. The number of halogens is 2. The lowest BCUT2D eigenvalue weighted by molar-refractivity contribution is 0.302. The highest BCUT2D eigenvalue weighted by Gasteiger charge is 2.22. The van der Waals surface area contributed by atoms with Crippen LogP contribution in [0.4, 0.5) is 8.78 Å². The fourth-order valence-corrected chi connectivity index (χ4v) is 5.04. The molecule has 0 bridgehead atoms. The summed E-state index contributed by atoms with van der Waals surface area (Å²) in [6.07, 6.45) is 12.3. The third-order valence-electron chi connectivity index (χ3n) is 6.94. The molecule has 0 N–H and O–H groups in total. The Morgan fingerprint density at radius 2 is 1.50 bits per heavy atom. The minimum atomic E-state index is -0.796. The molecule has 2 heteroatoms. The van der Waals surface area contributed by atoms with Crippen LogP contribution in [0.1, 0.15) is 76.2 Å². The van der Waals surface area contributed by atoms with Gasteiger partial charge in [0.05, 0.1) is 0 Å². The summed E-state index contributed by atoms with van der Waals surface area (Å²) in [5.74, 6) is 0.0467. The van der Waals surface area contributed by atoms with Gasteiger partial charge >= 0.3 is 0 Å². The average molecular weight is 407 g/mol. The predicted molar refractivity (Wildman–Crippen MR) is 123 cm³/mol. The molecule has 1 aliphatic rings. The van der Waals surface area contributed by atoms with Gasteiger partial charge in [-0.1, -0.05) is 81.5 Å². The molecule has 0 radical (unpaired) electrons. The Balaban J connectivity index is 1.39. The summed E-state index contributed by atoms with van der Waals surface area (Å²) < 4.78 is 27.4. The number of rotatable bonds is 7. The summed E-state index contributed by atoms with van der Waals surface area (Å²) in [4.78, 5) is 0. The first-order chi connectivity index (χ1) is 14.7. The molecule has 1 saturated carbocycles. The average Bonchev–Trinajstić information content (AvgIpc) is 2.80. The fraction of sp³-hybridized carbons (Fsp3) is 0.429. The van der Waals surface area contributed by atoms with Crippen LogP contribution >= 0.6 is 0 Å². The number of hydrogen-bond donors (Lipinski definition) is 0. The first-order valence-electron chi connectivity index (χ1n) is 11.6. The molecular formula is C28H32F2. The van der Waals surface area contributed by atoms with E-state index in [2.05, 4.69) is 31.2 Å². The van der Waals surface area contributed by atoms with Gasteiger partial charge in [0.25, 0.3) is 0 Å². The smallest absolute Gasteiger partial charge is 0.166 e. The van der Waals surface area contributed by atoms with E-state index in [0.717, 1.165) is 22.4 Å². The summed E-state index contributed by atoms with van der Waals surface area (Å²) in [6, 6.07) is 17.2. The van der Waals surface area contributed by atoms with Gasteiger partial charge < -0.3 is 0 Å². The Morgan fingerprint density at radius 1 is 0.767 bits per heavy atom. The van der Waals surface area contributed by atoms with Gasteiger partial charge in [0, 0.05) is 5.39 Å². The zero-order chi connectivity index (χ0) is 20.9. The van der Waals surface area contributed by atoms with Crippen molar-refractivity contribution in [1.82, 2.24) is 0 Å². The predicted octanol–water partition coefficient (Wildman–Crippen LogP) is 9.03. The van der Waals surface area contributed by atoms with Crippen molar-refractivity contribution in [3.8, 4) is 11.1 Å². The molecule has 0 aromatic heterocycles. The van der Waals surface area contributed by atoms with Crippen molar-refractivity contribution in [1.29, 1.82) is 0 Å². The van der Waals surface area contributed by atoms with Crippen LogP contribution in [0.25, 0.3) is 21.9 Å². The summed E-state index contributed by atoms with van der Waals surface area (Å²) >= 11 is 0. The third-order valence-corrected chi connectivity index (χ3v) is 6.94. The second-order valence-corrected chi connectivity index (χ2v) is 8.99. The monoisotopic (exact) mass is 406 g/mol. The fourth-order valence-electron chi connectivity index (χ4n) is 5.04. The Labute approximate surface area is 179 Å². The molecule has 158 valence electrons. The van der Waals surface area contributed by atoms with Crippen LogP contribution in [0.3, 0.4) is 0 Å². The second-order valence-electron chi connectivity index (χ2n) is 8.99. The Bertz CT molecular complexity index is 966. The van der Waals surface area contributed by atoms with E-state index >= 15 is 0 Å². The zero-order valence-corrected chi connectivity index (χ0v) is 18.0. The summed E-state index contributed by atoms with van der Waals surface area (Å²) in [7, 11) is 0. The van der Waals surface area contributed by atoms with Crippen LogP contribution in [-0.2, 0) is 0 Å². The minimum absolute atomic E-state index is 0.335. The summed E-state index contributed by atoms with van der Waals surface area (Å²) in [5, 5.41) is 1.06. The molecule has 0 nitrogen and oxygen atoms in total. The van der Waals surface area contributed by atoms with Gasteiger partial charge in [-0.3, -0.25) is 0 Å². The standard InChI is InChI=1S/C28H32F2/c1-2-3-4-5-6-20-7-9-21(10-8-20)22-11-13-23(14-12-22)24-15-17-26-25(19-24)16-18-27(29)28(26)30/h11-21H,2-10H2,1H3. The normalized spacial score (nSPS) is 19.3. The molecule has 30 heavy (non-hydrogen) atoms. The van der Waals surface area contributed by atoms with Gasteiger partial charge in [0.15, 0.2) is 11.6 Å². The van der Waals surface area contributed by atoms with Gasteiger partial charge in [-0.05, 0) is 71.7 Å². The van der Waals surface area contributed by atoms with Crippen molar-refractivity contribution in [2.75, 3.05) is 0 Å². The van der Waals surface area contributed by atoms with E-state index in [0.29, 0.717) is 11.3 Å². The van der Waals surface area contributed by atoms with Crippen molar-refractivity contribution in [2.45, 2.75) is 70.6 Å². The molecule has 1 aliphatic carbocycles. The van der Waals surface area contributed by atoms with Crippen molar-refractivity contribution in [2.24, 2.45) is 5.92 Å². The zero-order valence-electron chi connectivity index (χ0n) is 18.0. The molecule has 3 aromatic carbocycles. The van der Waals surface area contributed by atoms with Crippen molar-refractivity contribution in [3.63, 3.8) is 0 Å². The van der Waals surface area contributed by atoms with Gasteiger partial charge in [-0.25, -0.2) is 8.78 Å². The molecule has 0 atom stereocenters. The van der Waals surface area contributed by atoms with E-state index in [9.17, 15) is 8.78 Å². The summed E-state index contributed by atoms with van der Waals surface area (Å²) in [5.41, 5.74) is 3.60. The van der Waals surface area contributed by atoms with Crippen LogP contribution in [0, 0.1) is 17.6 Å². The molecule has 0 saturated heterocycles. The van der Waals surface area contributed by atoms with Crippen molar-refractivity contribution >= 4 is 10.8 Å². The Hall–Kier alpha value is -2.22. The number of hydrogen-bond acceptors (Lipinski definition) is 0. The van der Waals surface area contributed by atoms with Crippen LogP contribution in [0.15, 0.2) is 54.6 Å². The topological polar surface area (TPSA) is 0 Å². The van der Waals surface area contributed by atoms with Crippen LogP contribution < -0.4 is 0 Å². The third kappa shape index (κ3) is 4.74. The molecule has 0 spiro atoms. The van der Waals surface area contributed by atoms with E-state index in [4.69, 9.17) is 0 Å². The number of benzene rings is 3. The SMILES string of the molecule is CCCCCCC1CCC(c2ccc(-c3ccc4c(F)c(F)ccc4c3)cc2)CC1. The molecule has 1 fully saturated rings. The van der Waals surface area contributed by atoms with E-state index in [1.807, 2.05) is 12.1 Å². The molecule has 0 amide bonds. The Kier molecular flexibility index (Phi) is 6.82.